The number of sulfonamides is 1. The highest BCUT2D eigenvalue weighted by Gasteiger charge is 2.52. The van der Waals surface area contributed by atoms with Crippen LogP contribution in [0.3, 0.4) is 0 Å². The lowest BCUT2D eigenvalue weighted by Gasteiger charge is -2.34. The molecule has 3 aromatic rings. The predicted molar refractivity (Wildman–Crippen MR) is 156 cm³/mol. The van der Waals surface area contributed by atoms with Crippen LogP contribution in [0.1, 0.15) is 19.4 Å². The Hall–Kier alpha value is -2.88. The van der Waals surface area contributed by atoms with Crippen LogP contribution in [0.2, 0.25) is 10.0 Å². The molecule has 2 aliphatic heterocycles. The van der Waals surface area contributed by atoms with E-state index in [1.165, 1.54) is 24.9 Å². The van der Waals surface area contributed by atoms with Crippen molar-refractivity contribution in [2.45, 2.75) is 30.8 Å². The van der Waals surface area contributed by atoms with Crippen LogP contribution in [-0.2, 0) is 31.6 Å². The second-order valence-electron chi connectivity index (χ2n) is 9.65. The van der Waals surface area contributed by atoms with Gasteiger partial charge in [-0.25, -0.2) is 18.3 Å². The second kappa shape index (κ2) is 10.8. The summed E-state index contributed by atoms with van der Waals surface area (Å²) in [4.78, 5) is 33.7. The first kappa shape index (κ1) is 28.6. The number of piperazine rings is 1. The van der Waals surface area contributed by atoms with E-state index in [-0.39, 0.29) is 55.4 Å². The average Bonchev–Trinajstić information content (AvgIpc) is 3.43. The van der Waals surface area contributed by atoms with Gasteiger partial charge in [-0.1, -0.05) is 57.2 Å². The molecule has 2 aromatic carbocycles. The molecule has 208 valence electrons. The maximum Gasteiger partial charge on any atom is 0.298 e. The van der Waals surface area contributed by atoms with Crippen molar-refractivity contribution in [2.24, 2.45) is 0 Å². The van der Waals surface area contributed by atoms with Crippen molar-refractivity contribution in [1.82, 2.24) is 18.8 Å². The quantitative estimate of drug-likeness (QED) is 0.376. The molecule has 0 spiro atoms. The standard InChI is InChI=1S/C27H24BrCl2N5O4S/c1-3-4-23(36)32-9-11-33(12-10-32)40(38,39)24-17-31-26-34(22-14-20(29)13-21(30)15-22)25(37)27(2,35(24)26)16-18-5-7-19(28)8-6-18/h5-8,13-15,17H,9-12,16H2,1-2H3. The lowest BCUT2D eigenvalue weighted by molar-refractivity contribution is -0.126. The summed E-state index contributed by atoms with van der Waals surface area (Å²) in [7, 11) is -4.10. The lowest BCUT2D eigenvalue weighted by Crippen LogP contribution is -2.51. The van der Waals surface area contributed by atoms with Crippen LogP contribution in [0.4, 0.5) is 11.6 Å². The number of benzene rings is 2. The fourth-order valence-electron chi connectivity index (χ4n) is 5.06. The number of anilines is 2. The molecule has 5 rings (SSSR count). The van der Waals surface area contributed by atoms with Crippen LogP contribution in [0.5, 0.6) is 0 Å². The van der Waals surface area contributed by atoms with E-state index in [1.807, 2.05) is 24.3 Å². The highest BCUT2D eigenvalue weighted by molar-refractivity contribution is 9.10. The van der Waals surface area contributed by atoms with Gasteiger partial charge in [-0.2, -0.15) is 4.31 Å². The van der Waals surface area contributed by atoms with E-state index < -0.39 is 15.6 Å². The molecule has 9 nitrogen and oxygen atoms in total. The topological polar surface area (TPSA) is 95.8 Å². The van der Waals surface area contributed by atoms with Crippen LogP contribution < -0.4 is 4.90 Å². The number of aromatic nitrogens is 2. The molecule has 0 bridgehead atoms. The van der Waals surface area contributed by atoms with Crippen LogP contribution in [0, 0.1) is 11.8 Å². The van der Waals surface area contributed by atoms with Gasteiger partial charge in [0.05, 0.1) is 11.9 Å². The molecule has 2 aliphatic rings. The van der Waals surface area contributed by atoms with E-state index in [2.05, 4.69) is 32.8 Å². The van der Waals surface area contributed by atoms with Crippen LogP contribution >= 0.6 is 39.1 Å². The summed E-state index contributed by atoms with van der Waals surface area (Å²) in [6, 6.07) is 12.2. The van der Waals surface area contributed by atoms with E-state index >= 15 is 0 Å². The zero-order chi connectivity index (χ0) is 28.8. The highest BCUT2D eigenvalue weighted by atomic mass is 79.9. The molecule has 13 heteroatoms. The van der Waals surface area contributed by atoms with Gasteiger partial charge < -0.3 is 4.90 Å². The summed E-state index contributed by atoms with van der Waals surface area (Å²) < 4.78 is 31.7. The van der Waals surface area contributed by atoms with Crippen molar-refractivity contribution in [3.63, 3.8) is 0 Å². The number of halogens is 3. The Morgan fingerprint density at radius 3 is 2.30 bits per heavy atom. The van der Waals surface area contributed by atoms with Crippen LogP contribution in [0.15, 0.2) is 58.2 Å². The smallest absolute Gasteiger partial charge is 0.298 e. The zero-order valence-corrected chi connectivity index (χ0v) is 25.5. The third kappa shape index (κ3) is 5.03. The molecule has 40 heavy (non-hydrogen) atoms. The Balaban J connectivity index is 1.58. The Labute approximate surface area is 250 Å². The Bertz CT molecular complexity index is 1650. The van der Waals surface area contributed by atoms with E-state index in [4.69, 9.17) is 23.2 Å². The number of amides is 2. The minimum atomic E-state index is -4.10. The molecule has 0 radical (unpaired) electrons. The fraction of sp³-hybridized carbons (Fsp3) is 0.296. The molecule has 0 saturated carbocycles. The second-order valence-corrected chi connectivity index (χ2v) is 13.3. The average molecular weight is 665 g/mol. The minimum Gasteiger partial charge on any atom is -0.329 e. The molecule has 1 aromatic heterocycles. The molecule has 1 unspecified atom stereocenters. The molecule has 1 fully saturated rings. The number of rotatable bonds is 5. The van der Waals surface area contributed by atoms with Gasteiger partial charge in [-0.05, 0) is 55.7 Å². The first-order valence-corrected chi connectivity index (χ1v) is 15.3. The number of carbonyl (C=O) groups excluding carboxylic acids is 2. The highest BCUT2D eigenvalue weighted by Crippen LogP contribution is 2.45. The number of hydrogen-bond donors (Lipinski definition) is 0. The summed E-state index contributed by atoms with van der Waals surface area (Å²) in [6.45, 7) is 3.86. The summed E-state index contributed by atoms with van der Waals surface area (Å²) in [5.41, 5.74) is -0.134. The summed E-state index contributed by atoms with van der Waals surface area (Å²) in [5.74, 6) is 4.50. The summed E-state index contributed by atoms with van der Waals surface area (Å²) >= 11 is 15.9. The molecule has 0 N–H and O–H groups in total. The van der Waals surface area contributed by atoms with E-state index in [0.717, 1.165) is 10.0 Å². The monoisotopic (exact) mass is 663 g/mol. The maximum absolute atomic E-state index is 14.2. The van der Waals surface area contributed by atoms with Gasteiger partial charge >= 0.3 is 0 Å². The number of hydrogen-bond acceptors (Lipinski definition) is 5. The number of nitrogens with zero attached hydrogens (tertiary/aromatic N) is 5. The first-order valence-electron chi connectivity index (χ1n) is 12.3. The van der Waals surface area contributed by atoms with Gasteiger partial charge in [-0.15, -0.1) is 0 Å². The van der Waals surface area contributed by atoms with Crippen molar-refractivity contribution in [3.05, 3.63) is 68.7 Å². The normalized spacial score (nSPS) is 19.4. The minimum absolute atomic E-state index is 0.0883. The number of carbonyl (C=O) groups is 2. The lowest BCUT2D eigenvalue weighted by atomic mass is 9.92. The van der Waals surface area contributed by atoms with Crippen LogP contribution in [-0.4, -0.2) is 65.2 Å². The SMILES string of the molecule is CC#CC(=O)N1CCN(S(=O)(=O)c2cnc3n2C(C)(Cc2ccc(Br)cc2)C(=O)N3c2cc(Cl)cc(Cl)c2)CC1. The van der Waals surface area contributed by atoms with Gasteiger partial charge in [0.1, 0.15) is 5.54 Å². The molecule has 0 aliphatic carbocycles. The molecule has 1 atom stereocenters. The first-order chi connectivity index (χ1) is 19.0. The van der Waals surface area contributed by atoms with Crippen molar-refractivity contribution in [1.29, 1.82) is 0 Å². The van der Waals surface area contributed by atoms with Crippen molar-refractivity contribution in [2.75, 3.05) is 31.1 Å². The number of fused-ring (bicyclic) bond motifs is 1. The molecular formula is C27H24BrCl2N5O4S. The molecule has 3 heterocycles. The zero-order valence-electron chi connectivity index (χ0n) is 21.6. The van der Waals surface area contributed by atoms with Crippen LogP contribution in [0.25, 0.3) is 0 Å². The van der Waals surface area contributed by atoms with Crippen molar-refractivity contribution < 1.29 is 18.0 Å². The maximum atomic E-state index is 14.2. The molecular weight excluding hydrogens is 641 g/mol. The van der Waals surface area contributed by atoms with Gasteiger partial charge in [-0.3, -0.25) is 14.2 Å². The van der Waals surface area contributed by atoms with E-state index in [0.29, 0.717) is 15.7 Å². The third-order valence-electron chi connectivity index (χ3n) is 7.00. The van der Waals surface area contributed by atoms with Crippen molar-refractivity contribution >= 4 is 72.6 Å². The van der Waals surface area contributed by atoms with Gasteiger partial charge in [0, 0.05) is 47.1 Å². The largest absolute Gasteiger partial charge is 0.329 e. The molecule has 1 saturated heterocycles. The van der Waals surface area contributed by atoms with E-state index in [1.54, 1.807) is 32.0 Å². The van der Waals surface area contributed by atoms with Gasteiger partial charge in [0.25, 0.3) is 21.8 Å². The predicted octanol–water partition coefficient (Wildman–Crippen LogP) is 4.44. The van der Waals surface area contributed by atoms with Crippen molar-refractivity contribution in [3.8, 4) is 11.8 Å². The fourth-order valence-corrected chi connectivity index (χ4v) is 7.45. The Morgan fingerprint density at radius 2 is 1.70 bits per heavy atom. The Kier molecular flexibility index (Phi) is 7.76. The molecule has 2 amide bonds. The van der Waals surface area contributed by atoms with E-state index in [9.17, 15) is 18.0 Å². The summed E-state index contributed by atoms with van der Waals surface area (Å²) in [5, 5.41) is 0.533. The number of imidazole rings is 1. The third-order valence-corrected chi connectivity index (χ3v) is 9.82. The van der Waals surface area contributed by atoms with Gasteiger partial charge in [0.15, 0.2) is 5.03 Å². The summed E-state index contributed by atoms with van der Waals surface area (Å²) in [6.07, 6.45) is 1.48. The Morgan fingerprint density at radius 1 is 1.07 bits per heavy atom. The van der Waals surface area contributed by atoms with Gasteiger partial charge in [0.2, 0.25) is 5.95 Å².